The minimum atomic E-state index is 0.703. The van der Waals surface area contributed by atoms with Crippen molar-refractivity contribution in [3.8, 4) is 0 Å². The Labute approximate surface area is 123 Å². The Morgan fingerprint density at radius 3 is 2.78 bits per heavy atom. The molecular weight excluding hydrogens is 306 g/mol. The second-order valence-corrected chi connectivity index (χ2v) is 8.57. The van der Waals surface area contributed by atoms with Crippen LogP contribution in [0.2, 0.25) is 0 Å². The molecule has 1 fully saturated rings. The van der Waals surface area contributed by atoms with Gasteiger partial charge in [0.05, 0.1) is 3.79 Å². The molecule has 0 spiro atoms. The highest BCUT2D eigenvalue weighted by atomic mass is 79.9. The second-order valence-electron chi connectivity index (χ2n) is 6.02. The first-order chi connectivity index (χ1) is 8.56. The Balaban J connectivity index is 1.92. The molecule has 0 aromatic carbocycles. The molecule has 0 amide bonds. The third-order valence-electron chi connectivity index (χ3n) is 4.19. The Bertz CT molecular complexity index is 374. The molecule has 1 heterocycles. The van der Waals surface area contributed by atoms with E-state index in [9.17, 15) is 0 Å². The van der Waals surface area contributed by atoms with Crippen molar-refractivity contribution in [1.82, 2.24) is 5.32 Å². The van der Waals surface area contributed by atoms with Crippen molar-refractivity contribution in [2.24, 2.45) is 17.8 Å². The molecule has 1 aromatic heterocycles. The van der Waals surface area contributed by atoms with Crippen LogP contribution < -0.4 is 5.32 Å². The lowest BCUT2D eigenvalue weighted by Crippen LogP contribution is -2.42. The first kappa shape index (κ1) is 14.5. The normalized spacial score (nSPS) is 28.8. The minimum absolute atomic E-state index is 0.703. The molecular formula is C15H24BrNS. The third-order valence-corrected chi connectivity index (χ3v) is 5.81. The van der Waals surface area contributed by atoms with Gasteiger partial charge >= 0.3 is 0 Å². The van der Waals surface area contributed by atoms with Crippen LogP contribution in [-0.2, 0) is 6.54 Å². The van der Waals surface area contributed by atoms with Crippen LogP contribution in [0.4, 0.5) is 0 Å². The van der Waals surface area contributed by atoms with Crippen LogP contribution in [0.5, 0.6) is 0 Å². The van der Waals surface area contributed by atoms with E-state index in [1.54, 1.807) is 0 Å². The number of hydrogen-bond acceptors (Lipinski definition) is 2. The standard InChI is InChI=1S/C15H24BrNS/c1-10(2)13-6-4-11(3)8-14(13)17-9-12-5-7-15(16)18-12/h5,7,10-11,13-14,17H,4,6,8-9H2,1-3H3. The molecule has 18 heavy (non-hydrogen) atoms. The van der Waals surface area contributed by atoms with Gasteiger partial charge in [-0.2, -0.15) is 0 Å². The summed E-state index contributed by atoms with van der Waals surface area (Å²) in [7, 11) is 0. The molecule has 1 nitrogen and oxygen atoms in total. The van der Waals surface area contributed by atoms with E-state index in [1.807, 2.05) is 11.3 Å². The second kappa shape index (κ2) is 6.53. The first-order valence-corrected chi connectivity index (χ1v) is 8.64. The van der Waals surface area contributed by atoms with Crippen molar-refractivity contribution < 1.29 is 0 Å². The average Bonchev–Trinajstić information content (AvgIpc) is 2.72. The Kier molecular flexibility index (Phi) is 5.28. The number of nitrogens with one attached hydrogen (secondary N) is 1. The number of hydrogen-bond donors (Lipinski definition) is 1. The molecule has 1 aliphatic carbocycles. The number of halogens is 1. The fourth-order valence-electron chi connectivity index (χ4n) is 3.12. The van der Waals surface area contributed by atoms with E-state index in [-0.39, 0.29) is 0 Å². The van der Waals surface area contributed by atoms with E-state index in [0.29, 0.717) is 6.04 Å². The van der Waals surface area contributed by atoms with Crippen LogP contribution in [0.3, 0.4) is 0 Å². The SMILES string of the molecule is CC1CCC(C(C)C)C(NCc2ccc(Br)s2)C1. The van der Waals surface area contributed by atoms with Gasteiger partial charge in [-0.25, -0.2) is 0 Å². The third kappa shape index (κ3) is 3.82. The van der Waals surface area contributed by atoms with Gasteiger partial charge in [0.2, 0.25) is 0 Å². The van der Waals surface area contributed by atoms with Crippen molar-refractivity contribution >= 4 is 27.3 Å². The van der Waals surface area contributed by atoms with Gasteiger partial charge in [-0.1, -0.05) is 27.2 Å². The van der Waals surface area contributed by atoms with Crippen molar-refractivity contribution in [3.63, 3.8) is 0 Å². The monoisotopic (exact) mass is 329 g/mol. The largest absolute Gasteiger partial charge is 0.309 e. The zero-order valence-corrected chi connectivity index (χ0v) is 14.0. The smallest absolute Gasteiger partial charge is 0.0701 e. The summed E-state index contributed by atoms with van der Waals surface area (Å²) in [6, 6.07) is 5.07. The Morgan fingerprint density at radius 2 is 2.17 bits per heavy atom. The summed E-state index contributed by atoms with van der Waals surface area (Å²) < 4.78 is 1.23. The molecule has 1 N–H and O–H groups in total. The fourth-order valence-corrected chi connectivity index (χ4v) is 4.55. The van der Waals surface area contributed by atoms with E-state index >= 15 is 0 Å². The van der Waals surface area contributed by atoms with E-state index in [4.69, 9.17) is 0 Å². The summed E-state index contributed by atoms with van der Waals surface area (Å²) >= 11 is 5.37. The molecule has 0 saturated heterocycles. The average molecular weight is 330 g/mol. The zero-order chi connectivity index (χ0) is 13.1. The van der Waals surface area contributed by atoms with E-state index in [0.717, 1.165) is 24.3 Å². The van der Waals surface area contributed by atoms with E-state index in [2.05, 4.69) is 54.2 Å². The van der Waals surface area contributed by atoms with Gasteiger partial charge in [-0.3, -0.25) is 0 Å². The quantitative estimate of drug-likeness (QED) is 0.813. The van der Waals surface area contributed by atoms with Crippen LogP contribution in [0.15, 0.2) is 15.9 Å². The minimum Gasteiger partial charge on any atom is -0.309 e. The van der Waals surface area contributed by atoms with Crippen LogP contribution in [-0.4, -0.2) is 6.04 Å². The van der Waals surface area contributed by atoms with Gasteiger partial charge < -0.3 is 5.32 Å². The van der Waals surface area contributed by atoms with Gasteiger partial charge in [-0.15, -0.1) is 11.3 Å². The maximum Gasteiger partial charge on any atom is 0.0701 e. The highest BCUT2D eigenvalue weighted by Crippen LogP contribution is 2.33. The lowest BCUT2D eigenvalue weighted by Gasteiger charge is -2.38. The molecule has 3 atom stereocenters. The Hall–Kier alpha value is 0.140. The van der Waals surface area contributed by atoms with E-state index in [1.165, 1.54) is 27.9 Å². The highest BCUT2D eigenvalue weighted by molar-refractivity contribution is 9.11. The summed E-state index contributed by atoms with van der Waals surface area (Å²) in [5, 5.41) is 3.80. The summed E-state index contributed by atoms with van der Waals surface area (Å²) in [4.78, 5) is 1.43. The lowest BCUT2D eigenvalue weighted by molar-refractivity contribution is 0.169. The molecule has 0 aliphatic heterocycles. The summed E-state index contributed by atoms with van der Waals surface area (Å²) in [5.74, 6) is 2.53. The predicted molar refractivity (Wildman–Crippen MR) is 84.0 cm³/mol. The number of rotatable bonds is 4. The van der Waals surface area contributed by atoms with Gasteiger partial charge in [0.25, 0.3) is 0 Å². The summed E-state index contributed by atoms with van der Waals surface area (Å²) in [6.07, 6.45) is 4.14. The molecule has 1 aliphatic rings. The number of thiophene rings is 1. The topological polar surface area (TPSA) is 12.0 Å². The summed E-state index contributed by atoms with van der Waals surface area (Å²) in [6.45, 7) is 8.16. The van der Waals surface area contributed by atoms with E-state index < -0.39 is 0 Å². The van der Waals surface area contributed by atoms with Crippen molar-refractivity contribution in [2.75, 3.05) is 0 Å². The van der Waals surface area contributed by atoms with Gasteiger partial charge in [0.15, 0.2) is 0 Å². The molecule has 0 bridgehead atoms. The van der Waals surface area contributed by atoms with Gasteiger partial charge in [-0.05, 0) is 58.7 Å². The molecule has 2 rings (SSSR count). The highest BCUT2D eigenvalue weighted by Gasteiger charge is 2.30. The van der Waals surface area contributed by atoms with Gasteiger partial charge in [0.1, 0.15) is 0 Å². The maximum absolute atomic E-state index is 3.80. The molecule has 1 saturated carbocycles. The first-order valence-electron chi connectivity index (χ1n) is 7.04. The fraction of sp³-hybridized carbons (Fsp3) is 0.733. The molecule has 3 unspecified atom stereocenters. The van der Waals surface area contributed by atoms with Crippen molar-refractivity contribution in [1.29, 1.82) is 0 Å². The molecule has 102 valence electrons. The molecule has 1 aromatic rings. The van der Waals surface area contributed by atoms with Crippen LogP contribution in [0, 0.1) is 17.8 Å². The van der Waals surface area contributed by atoms with Crippen LogP contribution in [0.25, 0.3) is 0 Å². The van der Waals surface area contributed by atoms with Crippen molar-refractivity contribution in [3.05, 3.63) is 20.8 Å². The lowest BCUT2D eigenvalue weighted by atomic mass is 9.74. The van der Waals surface area contributed by atoms with Crippen molar-refractivity contribution in [2.45, 2.75) is 52.6 Å². The predicted octanol–water partition coefficient (Wildman–Crippen LogP) is 5.06. The molecule has 3 heteroatoms. The maximum atomic E-state index is 3.80. The Morgan fingerprint density at radius 1 is 1.39 bits per heavy atom. The zero-order valence-electron chi connectivity index (χ0n) is 11.6. The molecule has 0 radical (unpaired) electrons. The van der Waals surface area contributed by atoms with Crippen LogP contribution >= 0.6 is 27.3 Å². The van der Waals surface area contributed by atoms with Gasteiger partial charge in [0, 0.05) is 17.5 Å². The summed E-state index contributed by atoms with van der Waals surface area (Å²) in [5.41, 5.74) is 0. The van der Waals surface area contributed by atoms with Crippen LogP contribution in [0.1, 0.15) is 44.9 Å².